The third-order valence-electron chi connectivity index (χ3n) is 3.37. The van der Waals surface area contributed by atoms with Crippen LogP contribution in [-0.2, 0) is 4.74 Å². The lowest BCUT2D eigenvalue weighted by Crippen LogP contribution is -2.27. The van der Waals surface area contributed by atoms with Crippen molar-refractivity contribution in [3.05, 3.63) is 29.5 Å². The van der Waals surface area contributed by atoms with Crippen molar-refractivity contribution in [2.75, 3.05) is 19.0 Å². The Morgan fingerprint density at radius 2 is 1.96 bits per heavy atom. The van der Waals surface area contributed by atoms with Crippen LogP contribution in [-0.4, -0.2) is 30.2 Å². The number of aromatic nitrogens is 1. The first-order valence-corrected chi connectivity index (χ1v) is 7.70. The van der Waals surface area contributed by atoms with Crippen LogP contribution in [0.25, 0.3) is 10.8 Å². The van der Waals surface area contributed by atoms with Gasteiger partial charge in [0.2, 0.25) is 0 Å². The number of rotatable bonds is 4. The Hall–Kier alpha value is -2.30. The Morgan fingerprint density at radius 3 is 2.52 bits per heavy atom. The predicted molar refractivity (Wildman–Crippen MR) is 92.4 cm³/mol. The number of fused-ring (bicyclic) bond motifs is 1. The van der Waals surface area contributed by atoms with Gasteiger partial charge in [0.25, 0.3) is 0 Å². The van der Waals surface area contributed by atoms with E-state index in [2.05, 4.69) is 31.1 Å². The smallest absolute Gasteiger partial charge is 0.340 e. The van der Waals surface area contributed by atoms with Crippen molar-refractivity contribution in [1.82, 2.24) is 4.98 Å². The van der Waals surface area contributed by atoms with E-state index >= 15 is 0 Å². The standard InChI is InChI=1S/C18H24N2O3/c1-7-23-17(21)15-11(2)19-16(20-18(3,4)5)13-9-8-12(22-6)10-14(13)15/h8-10H,7H2,1-6H3,(H,19,20). The first-order valence-electron chi connectivity index (χ1n) is 7.70. The van der Waals surface area contributed by atoms with Gasteiger partial charge in [-0.05, 0) is 52.8 Å². The number of aryl methyl sites for hydroxylation is 1. The summed E-state index contributed by atoms with van der Waals surface area (Å²) in [5, 5.41) is 5.05. The van der Waals surface area contributed by atoms with Gasteiger partial charge in [0.1, 0.15) is 11.6 Å². The summed E-state index contributed by atoms with van der Waals surface area (Å²) in [4.78, 5) is 16.9. The van der Waals surface area contributed by atoms with Gasteiger partial charge in [-0.1, -0.05) is 0 Å². The Balaban J connectivity index is 2.74. The second kappa shape index (κ2) is 6.44. The maximum atomic E-state index is 12.4. The van der Waals surface area contributed by atoms with Crippen molar-refractivity contribution in [3.8, 4) is 5.75 Å². The minimum atomic E-state index is -0.363. The van der Waals surface area contributed by atoms with E-state index in [1.54, 1.807) is 14.0 Å². The Bertz CT molecular complexity index is 733. The summed E-state index contributed by atoms with van der Waals surface area (Å²) < 4.78 is 10.5. The monoisotopic (exact) mass is 316 g/mol. The van der Waals surface area contributed by atoms with Crippen LogP contribution in [0, 0.1) is 6.92 Å². The number of anilines is 1. The number of carbonyl (C=O) groups excluding carboxylic acids is 1. The van der Waals surface area contributed by atoms with E-state index in [1.165, 1.54) is 0 Å². The van der Waals surface area contributed by atoms with Crippen LogP contribution in [0.3, 0.4) is 0 Å². The zero-order valence-electron chi connectivity index (χ0n) is 14.6. The van der Waals surface area contributed by atoms with Crippen LogP contribution in [0.15, 0.2) is 18.2 Å². The lowest BCUT2D eigenvalue weighted by atomic mass is 10.0. The molecule has 0 aliphatic carbocycles. The van der Waals surface area contributed by atoms with E-state index < -0.39 is 0 Å². The highest BCUT2D eigenvalue weighted by atomic mass is 16.5. The molecule has 23 heavy (non-hydrogen) atoms. The number of ether oxygens (including phenoxy) is 2. The third kappa shape index (κ3) is 3.73. The van der Waals surface area contributed by atoms with Crippen LogP contribution >= 0.6 is 0 Å². The van der Waals surface area contributed by atoms with Gasteiger partial charge in [-0.25, -0.2) is 9.78 Å². The highest BCUT2D eigenvalue weighted by molar-refractivity contribution is 6.08. The maximum absolute atomic E-state index is 12.4. The Kier molecular flexibility index (Phi) is 4.78. The normalized spacial score (nSPS) is 11.4. The predicted octanol–water partition coefficient (Wildman–Crippen LogP) is 3.94. The molecule has 124 valence electrons. The average molecular weight is 316 g/mol. The Morgan fingerprint density at radius 1 is 1.26 bits per heavy atom. The van der Waals surface area contributed by atoms with Gasteiger partial charge in [-0.15, -0.1) is 0 Å². The fourth-order valence-electron chi connectivity index (χ4n) is 2.45. The quantitative estimate of drug-likeness (QED) is 0.866. The van der Waals surface area contributed by atoms with Crippen molar-refractivity contribution in [3.63, 3.8) is 0 Å². The van der Waals surface area contributed by atoms with Crippen LogP contribution < -0.4 is 10.1 Å². The number of pyridine rings is 1. The number of nitrogens with zero attached hydrogens (tertiary/aromatic N) is 1. The van der Waals surface area contributed by atoms with Gasteiger partial charge in [0, 0.05) is 16.3 Å². The molecular weight excluding hydrogens is 292 g/mol. The number of esters is 1. The molecule has 0 spiro atoms. The van der Waals surface area contributed by atoms with Gasteiger partial charge in [0.05, 0.1) is 25.0 Å². The van der Waals surface area contributed by atoms with Crippen LogP contribution in [0.5, 0.6) is 5.75 Å². The first kappa shape index (κ1) is 17.1. The number of benzene rings is 1. The van der Waals surface area contributed by atoms with Crippen molar-refractivity contribution in [1.29, 1.82) is 0 Å². The van der Waals surface area contributed by atoms with Crippen molar-refractivity contribution in [2.24, 2.45) is 0 Å². The second-order valence-electron chi connectivity index (χ2n) is 6.43. The van der Waals surface area contributed by atoms with Crippen molar-refractivity contribution >= 4 is 22.6 Å². The molecule has 2 rings (SSSR count). The molecule has 0 unspecified atom stereocenters. The molecule has 2 aromatic rings. The summed E-state index contributed by atoms with van der Waals surface area (Å²) in [6, 6.07) is 5.63. The van der Waals surface area contributed by atoms with Gasteiger partial charge >= 0.3 is 5.97 Å². The SMILES string of the molecule is CCOC(=O)c1c(C)nc(NC(C)(C)C)c2ccc(OC)cc12. The van der Waals surface area contributed by atoms with E-state index in [1.807, 2.05) is 25.1 Å². The van der Waals surface area contributed by atoms with E-state index in [0.29, 0.717) is 23.6 Å². The van der Waals surface area contributed by atoms with Gasteiger partial charge in [-0.2, -0.15) is 0 Å². The van der Waals surface area contributed by atoms with Gasteiger partial charge in [0.15, 0.2) is 0 Å². The molecule has 0 bridgehead atoms. The number of carbonyl (C=O) groups is 1. The zero-order valence-corrected chi connectivity index (χ0v) is 14.6. The van der Waals surface area contributed by atoms with Gasteiger partial charge < -0.3 is 14.8 Å². The largest absolute Gasteiger partial charge is 0.497 e. The molecule has 1 aromatic carbocycles. The first-order chi connectivity index (χ1) is 10.8. The zero-order chi connectivity index (χ0) is 17.2. The number of hydrogen-bond acceptors (Lipinski definition) is 5. The number of hydrogen-bond donors (Lipinski definition) is 1. The molecule has 1 aromatic heterocycles. The average Bonchev–Trinajstić information content (AvgIpc) is 2.45. The van der Waals surface area contributed by atoms with Crippen LogP contribution in [0.2, 0.25) is 0 Å². The highest BCUT2D eigenvalue weighted by Crippen LogP contribution is 2.32. The molecule has 0 saturated heterocycles. The molecule has 1 heterocycles. The molecule has 0 atom stereocenters. The highest BCUT2D eigenvalue weighted by Gasteiger charge is 2.21. The van der Waals surface area contributed by atoms with Gasteiger partial charge in [-0.3, -0.25) is 0 Å². The molecule has 0 fully saturated rings. The topological polar surface area (TPSA) is 60.5 Å². The van der Waals surface area contributed by atoms with Crippen LogP contribution in [0.1, 0.15) is 43.7 Å². The van der Waals surface area contributed by atoms with E-state index in [-0.39, 0.29) is 11.5 Å². The third-order valence-corrected chi connectivity index (χ3v) is 3.37. The molecule has 0 saturated carbocycles. The lowest BCUT2D eigenvalue weighted by Gasteiger charge is -2.23. The van der Waals surface area contributed by atoms with Crippen molar-refractivity contribution < 1.29 is 14.3 Å². The van der Waals surface area contributed by atoms with E-state index in [4.69, 9.17) is 9.47 Å². The summed E-state index contributed by atoms with van der Waals surface area (Å²) >= 11 is 0. The lowest BCUT2D eigenvalue weighted by molar-refractivity contribution is 0.0527. The fourth-order valence-corrected chi connectivity index (χ4v) is 2.45. The van der Waals surface area contributed by atoms with E-state index in [9.17, 15) is 4.79 Å². The Labute approximate surface area is 137 Å². The maximum Gasteiger partial charge on any atom is 0.340 e. The molecule has 1 N–H and O–H groups in total. The van der Waals surface area contributed by atoms with Crippen molar-refractivity contribution in [2.45, 2.75) is 40.2 Å². The molecule has 0 aliphatic heterocycles. The summed E-state index contributed by atoms with van der Waals surface area (Å²) in [6.45, 7) is 10.1. The number of nitrogens with one attached hydrogen (secondary N) is 1. The van der Waals surface area contributed by atoms with Crippen LogP contribution in [0.4, 0.5) is 5.82 Å². The number of methoxy groups -OCH3 is 1. The molecule has 0 radical (unpaired) electrons. The summed E-state index contributed by atoms with van der Waals surface area (Å²) in [5.74, 6) is 1.08. The molecule has 5 nitrogen and oxygen atoms in total. The second-order valence-corrected chi connectivity index (χ2v) is 6.43. The fraction of sp³-hybridized carbons (Fsp3) is 0.444. The van der Waals surface area contributed by atoms with E-state index in [0.717, 1.165) is 16.6 Å². The minimum absolute atomic E-state index is 0.141. The molecule has 0 amide bonds. The summed E-state index contributed by atoms with van der Waals surface area (Å²) in [5.41, 5.74) is 0.980. The summed E-state index contributed by atoms with van der Waals surface area (Å²) in [6.07, 6.45) is 0. The molecular formula is C18H24N2O3. The molecule has 0 aliphatic rings. The molecule has 5 heteroatoms. The summed E-state index contributed by atoms with van der Waals surface area (Å²) in [7, 11) is 1.60. The minimum Gasteiger partial charge on any atom is -0.497 e.